The number of ether oxygens (including phenoxy) is 1. The Bertz CT molecular complexity index is 3920. The molecule has 7 amide bonds. The first kappa shape index (κ1) is 79.1. The molecule has 27 nitrogen and oxygen atoms in total. The van der Waals surface area contributed by atoms with Crippen LogP contribution in [0.15, 0.2) is 92.0 Å². The molecule has 2 fully saturated rings. The Kier molecular flexibility index (Phi) is 24.4. The van der Waals surface area contributed by atoms with E-state index in [2.05, 4.69) is 53.7 Å². The van der Waals surface area contributed by atoms with E-state index in [0.29, 0.717) is 56.4 Å². The Labute approximate surface area is 588 Å². The summed E-state index contributed by atoms with van der Waals surface area (Å²) in [6.45, 7) is 23.3. The molecule has 29 heteroatoms. The van der Waals surface area contributed by atoms with E-state index in [-0.39, 0.29) is 94.0 Å². The standard InChI is InChI=1S/C62H90N13O14P.C8H10.Co/c1-29-20-39-40(21-30(29)2)75(28-70-39)57-52(84)53(41(27-76)87-57)89-90(85,86)88-31(3)26-69-49(83)18-19-59(8)37(22-46(66)80)56-62(11)61(10,25-48(68)82)36(14-17-45(65)79)51(74-62)33(5)55-60(9,24-47(67)81)34(12-15-43(63)77)38(71-55)23-42-58(6,7)35(13-16-44(64)78)50(72-42)32(4)54(59)73-56;1-7-5-3-4-6-8(7)2;/h20-21,23,28,31,34-37,41,52-53,56-57,71,76,84H,12-19,22,24-27H2,1-11H3,(H2,63,77)(H2,64,78)(H2,65,79)(H2,66,80)(H2,67,81)(H2,68,82)(H,69,83)(H,85,86);3-6H,1-2H3;/p-1/b38-23-,50-32-,55-33-;;/t31?,34-,35-,36-,37?,41-,52-,53+,56?,57+,59-,60+,61+,62?;;/m1../s1. The molecule has 7 heterocycles. The number of nitrogens with one attached hydrogen (secondary N) is 2. The zero-order valence-electron chi connectivity index (χ0n) is 58.9. The Morgan fingerprint density at radius 1 is 0.768 bits per heavy atom. The van der Waals surface area contributed by atoms with Gasteiger partial charge in [-0.1, -0.05) is 58.9 Å². The predicted molar refractivity (Wildman–Crippen MR) is 367 cm³/mol. The van der Waals surface area contributed by atoms with Gasteiger partial charge >= 0.3 is 0 Å². The second kappa shape index (κ2) is 30.5. The van der Waals surface area contributed by atoms with E-state index >= 15 is 0 Å². The van der Waals surface area contributed by atoms with E-state index in [4.69, 9.17) is 63.2 Å². The number of carbonyl (C=O) groups excluding carboxylic acids is 7. The molecule has 16 N–H and O–H groups in total. The number of benzene rings is 2. The van der Waals surface area contributed by atoms with Crippen molar-refractivity contribution < 1.29 is 83.8 Å². The summed E-state index contributed by atoms with van der Waals surface area (Å²) in [4.78, 5) is 128. The van der Waals surface area contributed by atoms with Crippen molar-refractivity contribution in [2.75, 3.05) is 13.2 Å². The maximum absolute atomic E-state index is 14.4. The summed E-state index contributed by atoms with van der Waals surface area (Å²) in [5.74, 6) is -7.24. The summed E-state index contributed by atoms with van der Waals surface area (Å²) in [5, 5.41) is 28.1. The largest absolute Gasteiger partial charge is 0.756 e. The van der Waals surface area contributed by atoms with Crippen molar-refractivity contribution in [3.63, 3.8) is 0 Å². The molecule has 8 bridgehead atoms. The van der Waals surface area contributed by atoms with Gasteiger partial charge in [0.2, 0.25) is 41.4 Å². The number of rotatable bonds is 26. The number of carbonyl (C=O) groups is 7. The zero-order valence-corrected chi connectivity index (χ0v) is 60.8. The van der Waals surface area contributed by atoms with Gasteiger partial charge in [-0.25, -0.2) is 4.98 Å². The van der Waals surface area contributed by atoms with Crippen molar-refractivity contribution in [1.82, 2.24) is 20.2 Å². The monoisotopic (exact) mass is 1440 g/mol. The summed E-state index contributed by atoms with van der Waals surface area (Å²) >= 11 is 0. The van der Waals surface area contributed by atoms with Crippen molar-refractivity contribution in [3.05, 3.63) is 99.3 Å². The Hall–Kier alpha value is -7.27. The number of primary amides is 6. The Balaban J connectivity index is 0.00000143. The number of allylic oxidation sites excluding steroid dienone is 6. The number of hydrogen-bond donors (Lipinski definition) is 10. The first-order valence-corrected chi connectivity index (χ1v) is 34.8. The van der Waals surface area contributed by atoms with Crippen molar-refractivity contribution >= 4 is 77.3 Å². The molecule has 9 rings (SSSR count). The van der Waals surface area contributed by atoms with Crippen LogP contribution in [0.1, 0.15) is 161 Å². The molecule has 5 unspecified atom stereocenters. The summed E-state index contributed by atoms with van der Waals surface area (Å²) in [6.07, 6.45) is -4.57. The molecule has 2 saturated heterocycles. The van der Waals surface area contributed by atoms with E-state index in [9.17, 15) is 53.2 Å². The number of aryl methyl sites for hydroxylation is 4. The van der Waals surface area contributed by atoms with Gasteiger partial charge in [0.05, 0.1) is 41.7 Å². The second-order valence-electron chi connectivity index (χ2n) is 29.1. The van der Waals surface area contributed by atoms with Gasteiger partial charge in [-0.3, -0.25) is 53.1 Å². The molecule has 6 aliphatic heterocycles. The minimum atomic E-state index is -5.32. The number of aromatic nitrogens is 2. The van der Waals surface area contributed by atoms with Crippen LogP contribution >= 0.6 is 7.82 Å². The number of aliphatic imine (C=N–C) groups is 3. The van der Waals surface area contributed by atoms with Crippen molar-refractivity contribution in [2.45, 2.75) is 203 Å². The molecule has 2 aromatic carbocycles. The summed E-state index contributed by atoms with van der Waals surface area (Å²) in [5.41, 5.74) is 40.0. The quantitative estimate of drug-likeness (QED) is 0.0481. The molecular formula is C70H99CoN13O14P-. The maximum Gasteiger partial charge on any atom is 0.268 e. The molecule has 3 aromatic rings. The van der Waals surface area contributed by atoms with E-state index in [1.807, 2.05) is 87.4 Å². The number of phosphoric acid groups is 1. The van der Waals surface area contributed by atoms with Gasteiger partial charge in [0, 0.05) is 148 Å². The number of hydrogen-bond acceptors (Lipinski definition) is 19. The minimum absolute atomic E-state index is 0. The summed E-state index contributed by atoms with van der Waals surface area (Å²) in [6, 6.07) is 11.0. The fourth-order valence-corrected chi connectivity index (χ4v) is 17.2. The minimum Gasteiger partial charge on any atom is -0.756 e. The smallest absolute Gasteiger partial charge is 0.268 e. The van der Waals surface area contributed by atoms with E-state index in [1.54, 1.807) is 0 Å². The molecule has 1 aromatic heterocycles. The number of imidazole rings is 1. The molecule has 15 atom stereocenters. The summed E-state index contributed by atoms with van der Waals surface area (Å²) < 4.78 is 31.9. The third-order valence-corrected chi connectivity index (χ3v) is 23.1. The van der Waals surface area contributed by atoms with Crippen LogP contribution in [0.2, 0.25) is 0 Å². The molecule has 99 heavy (non-hydrogen) atoms. The van der Waals surface area contributed by atoms with Gasteiger partial charge in [0.25, 0.3) is 7.82 Å². The van der Waals surface area contributed by atoms with Crippen LogP contribution in [0.4, 0.5) is 0 Å². The van der Waals surface area contributed by atoms with Crippen LogP contribution in [-0.4, -0.2) is 127 Å². The van der Waals surface area contributed by atoms with Crippen molar-refractivity contribution in [3.8, 4) is 0 Å². The number of aliphatic hydroxyl groups excluding tert-OH is 2. The Morgan fingerprint density at radius 2 is 1.34 bits per heavy atom. The Morgan fingerprint density at radius 3 is 1.90 bits per heavy atom. The SMILES string of the molecule is C/C1=C2N=C(/C=C3\N/C(=C(/C)C4=NC(C)(C5N=C1[C@](C)(CCC(=O)NCC(C)OP(=O)([O-])O[C@@H]1[C@@H](O)[C@@H](n6cnc7cc(C)c(C)cc76)O[C@@H]1CO)C5CC(N)=O)[C@@](C)(CC(N)=O)[C@@H]4CCC(N)=O)[C@@](C)(CC(N)=O)[C@@H]3CCC(N)=O)C(C)(C)[C@@H]/2CCC(N)=O.Cc1ccccc1C.[Co]. The molecule has 0 aliphatic carbocycles. The molecule has 0 saturated carbocycles. The molecule has 1 radical (unpaired) electrons. The number of fused-ring (bicyclic) bond motifs is 7. The fraction of sp³-hybridized carbons (Fsp3) is 0.586. The van der Waals surface area contributed by atoms with Crippen LogP contribution in [-0.2, 0) is 68.7 Å². The normalized spacial score (nSPS) is 31.9. The van der Waals surface area contributed by atoms with E-state index in [1.165, 1.54) is 28.9 Å². The predicted octanol–water partition coefficient (Wildman–Crippen LogP) is 4.83. The third kappa shape index (κ3) is 16.1. The number of nitrogens with two attached hydrogens (primary N) is 6. The summed E-state index contributed by atoms with van der Waals surface area (Å²) in [7, 11) is -5.32. The first-order valence-electron chi connectivity index (χ1n) is 33.4. The number of amides is 7. The average Bonchev–Trinajstić information content (AvgIpc) is 1.53. The van der Waals surface area contributed by atoms with Crippen molar-refractivity contribution in [2.24, 2.45) is 94.7 Å². The first-order chi connectivity index (χ1) is 45.6. The van der Waals surface area contributed by atoms with Crippen LogP contribution in [0, 0.1) is 73.0 Å². The van der Waals surface area contributed by atoms with Gasteiger partial charge in [0.1, 0.15) is 18.3 Å². The number of phosphoric ester groups is 1. The zero-order chi connectivity index (χ0) is 72.7. The number of aliphatic hydroxyl groups is 2. The molecule has 0 spiro atoms. The van der Waals surface area contributed by atoms with Gasteiger partial charge in [-0.15, -0.1) is 0 Å². The maximum atomic E-state index is 14.4. The molecule has 543 valence electrons. The van der Waals surface area contributed by atoms with Crippen LogP contribution in [0.3, 0.4) is 0 Å². The third-order valence-electron chi connectivity index (χ3n) is 22.0. The number of nitrogens with zero attached hydrogens (tertiary/aromatic N) is 5. The average molecular weight is 1440 g/mol. The van der Waals surface area contributed by atoms with Gasteiger partial charge < -0.3 is 78.5 Å². The van der Waals surface area contributed by atoms with Crippen molar-refractivity contribution in [1.29, 1.82) is 0 Å². The van der Waals surface area contributed by atoms with E-state index in [0.717, 1.165) is 11.1 Å². The van der Waals surface area contributed by atoms with E-state index < -0.39 is 143 Å². The topological polar surface area (TPSA) is 463 Å². The molecule has 6 aliphatic rings. The van der Waals surface area contributed by atoms with Gasteiger partial charge in [0.15, 0.2) is 6.23 Å². The molecular weight excluding hydrogens is 1340 g/mol. The van der Waals surface area contributed by atoms with Crippen LogP contribution < -0.4 is 49.9 Å². The second-order valence-corrected chi connectivity index (χ2v) is 30.5. The van der Waals surface area contributed by atoms with Gasteiger partial charge in [-0.2, -0.15) is 0 Å². The van der Waals surface area contributed by atoms with Crippen LogP contribution in [0.25, 0.3) is 11.0 Å². The van der Waals surface area contributed by atoms with Crippen LogP contribution in [0.5, 0.6) is 0 Å². The fourth-order valence-electron chi connectivity index (χ4n) is 16.1. The van der Waals surface area contributed by atoms with Gasteiger partial charge in [-0.05, 0) is 133 Å².